The van der Waals surface area contributed by atoms with E-state index in [2.05, 4.69) is 20.7 Å². The summed E-state index contributed by atoms with van der Waals surface area (Å²) in [6, 6.07) is 2.93. The minimum absolute atomic E-state index is 0.0809. The van der Waals surface area contributed by atoms with Crippen LogP contribution in [0, 0.1) is 0 Å². The maximum absolute atomic E-state index is 11.2. The van der Waals surface area contributed by atoms with Gasteiger partial charge in [0.1, 0.15) is 0 Å². The van der Waals surface area contributed by atoms with E-state index in [1.807, 2.05) is 0 Å². The van der Waals surface area contributed by atoms with Gasteiger partial charge in [0.25, 0.3) is 5.24 Å². The molecule has 106 valence electrons. The first-order chi connectivity index (χ1) is 9.43. The summed E-state index contributed by atoms with van der Waals surface area (Å²) in [6.45, 7) is 1.99. The third-order valence-corrected chi connectivity index (χ3v) is 3.52. The fraction of sp³-hybridized carbons (Fsp3) is 0.364. The second-order valence-corrected chi connectivity index (χ2v) is 5.33. The van der Waals surface area contributed by atoms with Crippen molar-refractivity contribution >= 4 is 40.0 Å². The molecule has 0 aromatic heterocycles. The average molecular weight is 336 g/mol. The van der Waals surface area contributed by atoms with E-state index in [0.29, 0.717) is 6.42 Å². The summed E-state index contributed by atoms with van der Waals surface area (Å²) in [4.78, 5) is 11.2. The molecule has 0 amide bonds. The summed E-state index contributed by atoms with van der Waals surface area (Å²) in [5.74, 6) is 0.204. The van der Waals surface area contributed by atoms with Crippen molar-refractivity contribution < 1.29 is 9.53 Å². The van der Waals surface area contributed by atoms with Gasteiger partial charge in [0.2, 0.25) is 0 Å². The van der Waals surface area contributed by atoms with Crippen molar-refractivity contribution in [1.82, 2.24) is 0 Å². The van der Waals surface area contributed by atoms with E-state index >= 15 is 0 Å². The molecule has 1 aliphatic rings. The highest BCUT2D eigenvalue weighted by Crippen LogP contribution is 2.36. The molecule has 0 atom stereocenters. The van der Waals surface area contributed by atoms with Crippen LogP contribution in [0.3, 0.4) is 0 Å². The van der Waals surface area contributed by atoms with Crippen LogP contribution in [0.1, 0.15) is 23.7 Å². The summed E-state index contributed by atoms with van der Waals surface area (Å²) in [7, 11) is 0. The number of hydrogen-bond acceptors (Lipinski definition) is 6. The lowest BCUT2D eigenvalue weighted by molar-refractivity contribution is 0.108. The molecule has 0 radical (unpaired) electrons. The summed E-state index contributed by atoms with van der Waals surface area (Å²) in [5, 5.41) is 14.3. The van der Waals surface area contributed by atoms with Gasteiger partial charge in [-0.25, -0.2) is 0 Å². The van der Waals surface area contributed by atoms with Crippen LogP contribution in [0.2, 0.25) is 10.0 Å². The maximum Gasteiger partial charge on any atom is 0.254 e. The van der Waals surface area contributed by atoms with Gasteiger partial charge in [-0.15, -0.1) is 10.2 Å². The zero-order valence-corrected chi connectivity index (χ0v) is 12.6. The highest BCUT2D eigenvalue weighted by atomic mass is 35.5. The molecule has 2 rings (SSSR count). The van der Waals surface area contributed by atoms with E-state index in [1.165, 1.54) is 12.1 Å². The Morgan fingerprint density at radius 3 is 2.55 bits per heavy atom. The number of benzene rings is 1. The minimum Gasteiger partial charge on any atom is -0.490 e. The fourth-order valence-corrected chi connectivity index (χ4v) is 2.29. The predicted molar refractivity (Wildman–Crippen MR) is 74.9 cm³/mol. The van der Waals surface area contributed by atoms with Crippen molar-refractivity contribution in [3.8, 4) is 5.75 Å². The molecule has 0 aliphatic carbocycles. The summed E-state index contributed by atoms with van der Waals surface area (Å²) < 4.78 is 5.51. The van der Waals surface area contributed by atoms with Gasteiger partial charge in [0.15, 0.2) is 11.4 Å². The Kier molecular flexibility index (Phi) is 4.57. The first-order valence-electron chi connectivity index (χ1n) is 5.58. The van der Waals surface area contributed by atoms with Crippen LogP contribution in [0.5, 0.6) is 5.75 Å². The second kappa shape index (κ2) is 6.03. The van der Waals surface area contributed by atoms with Gasteiger partial charge in [-0.05, 0) is 41.1 Å². The summed E-state index contributed by atoms with van der Waals surface area (Å²) in [5.41, 5.74) is -0.599. The zero-order valence-electron chi connectivity index (χ0n) is 10.3. The van der Waals surface area contributed by atoms with Gasteiger partial charge < -0.3 is 4.74 Å². The molecule has 9 heteroatoms. The van der Waals surface area contributed by atoms with E-state index in [9.17, 15) is 4.79 Å². The average Bonchev–Trinajstić information content (AvgIpc) is 2.80. The smallest absolute Gasteiger partial charge is 0.254 e. The van der Waals surface area contributed by atoms with Crippen LogP contribution < -0.4 is 4.74 Å². The van der Waals surface area contributed by atoms with E-state index < -0.39 is 10.9 Å². The third-order valence-electron chi connectivity index (χ3n) is 2.64. The van der Waals surface area contributed by atoms with Gasteiger partial charge in [-0.1, -0.05) is 23.2 Å². The minimum atomic E-state index is -0.737. The van der Waals surface area contributed by atoms with Gasteiger partial charge >= 0.3 is 0 Å². The number of carbonyl (C=O) groups excluding carboxylic acids is 1. The Bertz CT molecular complexity index is 592. The van der Waals surface area contributed by atoms with Crippen LogP contribution >= 0.6 is 34.8 Å². The molecule has 1 aliphatic heterocycles. The van der Waals surface area contributed by atoms with Crippen molar-refractivity contribution in [3.63, 3.8) is 0 Å². The Labute approximate surface area is 129 Å². The number of ether oxygens (including phenoxy) is 1. The van der Waals surface area contributed by atoms with Gasteiger partial charge in [0.05, 0.1) is 22.2 Å². The van der Waals surface area contributed by atoms with Crippen molar-refractivity contribution in [1.29, 1.82) is 0 Å². The Balaban J connectivity index is 2.09. The maximum atomic E-state index is 11.2. The Morgan fingerprint density at radius 1 is 1.30 bits per heavy atom. The molecular formula is C11H9Cl3N4O2. The highest BCUT2D eigenvalue weighted by molar-refractivity contribution is 6.69. The van der Waals surface area contributed by atoms with Crippen molar-refractivity contribution in [2.45, 2.75) is 19.0 Å². The van der Waals surface area contributed by atoms with E-state index in [4.69, 9.17) is 39.5 Å². The molecule has 0 unspecified atom stereocenters. The lowest BCUT2D eigenvalue weighted by atomic mass is 10.1. The van der Waals surface area contributed by atoms with E-state index in [-0.39, 0.29) is 28.0 Å². The normalized spacial score (nSPS) is 15.6. The first-order valence-corrected chi connectivity index (χ1v) is 6.71. The third kappa shape index (κ3) is 3.26. The van der Waals surface area contributed by atoms with Crippen molar-refractivity contribution in [2.24, 2.45) is 20.7 Å². The zero-order chi connectivity index (χ0) is 14.8. The summed E-state index contributed by atoms with van der Waals surface area (Å²) in [6.07, 6.45) is 0.436. The molecule has 0 fully saturated rings. The van der Waals surface area contributed by atoms with Gasteiger partial charge in [-0.3, -0.25) is 4.79 Å². The van der Waals surface area contributed by atoms with Crippen LogP contribution in [-0.4, -0.2) is 17.5 Å². The SMILES string of the molecule is CC1(CCOc2c(Cl)ccc(C(=O)Cl)c2Cl)N=NN=N1. The molecule has 1 heterocycles. The standard InChI is InChI=1S/C11H9Cl3N4O2/c1-11(15-17-18-16-11)4-5-20-9-7(12)3-2-6(8(9)13)10(14)19/h2-3H,4-5H2,1H3. The van der Waals surface area contributed by atoms with E-state index in [0.717, 1.165) is 0 Å². The molecule has 0 bridgehead atoms. The van der Waals surface area contributed by atoms with Crippen LogP contribution in [0.15, 0.2) is 32.8 Å². The van der Waals surface area contributed by atoms with Gasteiger partial charge in [0, 0.05) is 6.42 Å². The monoisotopic (exact) mass is 334 g/mol. The molecule has 6 nitrogen and oxygen atoms in total. The topological polar surface area (TPSA) is 75.7 Å². The van der Waals surface area contributed by atoms with Crippen molar-refractivity contribution in [3.05, 3.63) is 27.7 Å². The number of rotatable bonds is 5. The number of carbonyl (C=O) groups is 1. The highest BCUT2D eigenvalue weighted by Gasteiger charge is 2.27. The molecule has 0 spiro atoms. The van der Waals surface area contributed by atoms with Crippen molar-refractivity contribution in [2.75, 3.05) is 6.61 Å². The predicted octanol–water partition coefficient (Wildman–Crippen LogP) is 4.69. The lowest BCUT2D eigenvalue weighted by Crippen LogP contribution is -2.19. The largest absolute Gasteiger partial charge is 0.490 e. The van der Waals surface area contributed by atoms with E-state index in [1.54, 1.807) is 6.92 Å². The molecule has 0 saturated carbocycles. The fourth-order valence-electron chi connectivity index (χ4n) is 1.52. The molecule has 1 aromatic carbocycles. The quantitative estimate of drug-likeness (QED) is 0.732. The Morgan fingerprint density at radius 2 is 1.95 bits per heavy atom. The van der Waals surface area contributed by atoms with Crippen LogP contribution in [-0.2, 0) is 0 Å². The van der Waals surface area contributed by atoms with Gasteiger partial charge in [-0.2, -0.15) is 0 Å². The van der Waals surface area contributed by atoms with Crippen LogP contribution in [0.4, 0.5) is 0 Å². The molecule has 0 saturated heterocycles. The molecule has 1 aromatic rings. The number of nitrogens with zero attached hydrogens (tertiary/aromatic N) is 4. The molecule has 20 heavy (non-hydrogen) atoms. The molecular weight excluding hydrogens is 327 g/mol. The number of halogens is 3. The first kappa shape index (κ1) is 15.2. The lowest BCUT2D eigenvalue weighted by Gasteiger charge is -2.15. The van der Waals surface area contributed by atoms with Crippen LogP contribution in [0.25, 0.3) is 0 Å². The Hall–Kier alpha value is -1.24. The summed E-state index contributed by atoms with van der Waals surface area (Å²) >= 11 is 17.4. The number of hydrogen-bond donors (Lipinski definition) is 0. The second-order valence-electron chi connectivity index (χ2n) is 4.21. The molecule has 0 N–H and O–H groups in total.